The van der Waals surface area contributed by atoms with E-state index in [2.05, 4.69) is 31.7 Å². The molecule has 0 aliphatic rings. The number of hydrazine groups is 1. The van der Waals surface area contributed by atoms with E-state index in [-0.39, 0.29) is 10.9 Å². The van der Waals surface area contributed by atoms with Crippen molar-refractivity contribution in [1.29, 1.82) is 0 Å². The van der Waals surface area contributed by atoms with Crippen molar-refractivity contribution in [3.05, 3.63) is 51.1 Å². The number of nitrogens with zero attached hydrogens (tertiary/aromatic N) is 1. The highest BCUT2D eigenvalue weighted by molar-refractivity contribution is 9.10. The molecule has 0 atom stereocenters. The van der Waals surface area contributed by atoms with Gasteiger partial charge in [-0.3, -0.25) is 4.79 Å². The number of rotatable bonds is 3. The van der Waals surface area contributed by atoms with Crippen molar-refractivity contribution in [2.75, 3.05) is 10.7 Å². The van der Waals surface area contributed by atoms with Crippen LogP contribution >= 0.6 is 27.5 Å². The van der Waals surface area contributed by atoms with Gasteiger partial charge in [0.2, 0.25) is 0 Å². The Morgan fingerprint density at radius 2 is 2.20 bits per heavy atom. The van der Waals surface area contributed by atoms with Gasteiger partial charge in [0.15, 0.2) is 5.82 Å². The summed E-state index contributed by atoms with van der Waals surface area (Å²) < 4.78 is 0.925. The van der Waals surface area contributed by atoms with Gasteiger partial charge in [-0.1, -0.05) is 33.6 Å². The number of nitrogens with two attached hydrogens (primary N) is 1. The van der Waals surface area contributed by atoms with E-state index in [1.54, 1.807) is 0 Å². The first-order valence-corrected chi connectivity index (χ1v) is 6.88. The van der Waals surface area contributed by atoms with Crippen LogP contribution in [0, 0.1) is 6.92 Å². The molecule has 0 fully saturated rings. The summed E-state index contributed by atoms with van der Waals surface area (Å²) in [5.41, 5.74) is 4.37. The van der Waals surface area contributed by atoms with Crippen LogP contribution in [0.3, 0.4) is 0 Å². The summed E-state index contributed by atoms with van der Waals surface area (Å²) in [5.74, 6) is 5.27. The molecule has 1 amide bonds. The first-order chi connectivity index (χ1) is 9.52. The van der Waals surface area contributed by atoms with Crippen LogP contribution in [-0.2, 0) is 0 Å². The number of nitrogen functional groups attached to an aromatic ring is 1. The fraction of sp³-hybridized carbons (Fsp3) is 0.0769. The molecule has 20 heavy (non-hydrogen) atoms. The summed E-state index contributed by atoms with van der Waals surface area (Å²) in [4.78, 5) is 16.1. The van der Waals surface area contributed by atoms with Gasteiger partial charge in [-0.2, -0.15) is 0 Å². The zero-order chi connectivity index (χ0) is 14.7. The molecule has 104 valence electrons. The molecular weight excluding hydrogens is 344 g/mol. The topological polar surface area (TPSA) is 80.0 Å². The highest BCUT2D eigenvalue weighted by Crippen LogP contribution is 2.24. The fourth-order valence-electron chi connectivity index (χ4n) is 1.61. The lowest BCUT2D eigenvalue weighted by molar-refractivity contribution is 0.102. The maximum atomic E-state index is 12.2. The Bertz CT molecular complexity index is 663. The van der Waals surface area contributed by atoms with Crippen LogP contribution < -0.4 is 16.6 Å². The molecular formula is C13H12BrClN4O. The SMILES string of the molecule is Cc1c(Br)cccc1NC(=O)c1cnc(NN)c(Cl)c1. The quantitative estimate of drug-likeness (QED) is 0.583. The molecule has 1 aromatic heterocycles. The standard InChI is InChI=1S/C13H12BrClN4O/c1-7-9(14)3-2-4-11(7)18-13(20)8-5-10(15)12(19-16)17-6-8/h2-6H,16H2,1H3,(H,17,19)(H,18,20). The molecule has 0 saturated heterocycles. The van der Waals surface area contributed by atoms with Crippen LogP contribution in [-0.4, -0.2) is 10.9 Å². The van der Waals surface area contributed by atoms with Gasteiger partial charge in [0.05, 0.1) is 10.6 Å². The third kappa shape index (κ3) is 3.09. The molecule has 4 N–H and O–H groups in total. The lowest BCUT2D eigenvalue weighted by Gasteiger charge is -2.10. The minimum absolute atomic E-state index is 0.283. The van der Waals surface area contributed by atoms with Crippen LogP contribution in [0.15, 0.2) is 34.9 Å². The molecule has 2 rings (SSSR count). The Labute approximate surface area is 129 Å². The summed E-state index contributed by atoms with van der Waals surface area (Å²) >= 11 is 9.36. The van der Waals surface area contributed by atoms with Crippen molar-refractivity contribution in [2.24, 2.45) is 5.84 Å². The maximum Gasteiger partial charge on any atom is 0.257 e. The van der Waals surface area contributed by atoms with Crippen LogP contribution in [0.2, 0.25) is 5.02 Å². The van der Waals surface area contributed by atoms with Crippen LogP contribution in [0.5, 0.6) is 0 Å². The number of benzene rings is 1. The Morgan fingerprint density at radius 1 is 1.45 bits per heavy atom. The molecule has 0 radical (unpaired) electrons. The van der Waals surface area contributed by atoms with Crippen LogP contribution in [0.4, 0.5) is 11.5 Å². The average molecular weight is 356 g/mol. The summed E-state index contributed by atoms with van der Waals surface area (Å²) in [7, 11) is 0. The van der Waals surface area contributed by atoms with Crippen LogP contribution in [0.1, 0.15) is 15.9 Å². The fourth-order valence-corrected chi connectivity index (χ4v) is 2.19. The maximum absolute atomic E-state index is 12.2. The van der Waals surface area contributed by atoms with E-state index in [0.717, 1.165) is 15.7 Å². The smallest absolute Gasteiger partial charge is 0.257 e. The molecule has 7 heteroatoms. The minimum atomic E-state index is -0.288. The van der Waals surface area contributed by atoms with Crippen molar-refractivity contribution in [3.8, 4) is 0 Å². The second-order valence-corrected chi connectivity index (χ2v) is 5.33. The summed E-state index contributed by atoms with van der Waals surface area (Å²) in [6.07, 6.45) is 1.41. The van der Waals surface area contributed by atoms with E-state index in [4.69, 9.17) is 17.4 Å². The molecule has 0 unspecified atom stereocenters. The zero-order valence-electron chi connectivity index (χ0n) is 10.6. The molecule has 0 spiro atoms. The number of nitrogens with one attached hydrogen (secondary N) is 2. The van der Waals surface area contributed by atoms with E-state index < -0.39 is 0 Å². The molecule has 5 nitrogen and oxygen atoms in total. The summed E-state index contributed by atoms with van der Waals surface area (Å²) in [5, 5.41) is 3.10. The first-order valence-electron chi connectivity index (χ1n) is 5.71. The van der Waals surface area contributed by atoms with Gasteiger partial charge in [-0.05, 0) is 30.7 Å². The second-order valence-electron chi connectivity index (χ2n) is 4.07. The Hall–Kier alpha value is -1.63. The molecule has 0 aliphatic carbocycles. The minimum Gasteiger partial charge on any atom is -0.322 e. The van der Waals surface area contributed by atoms with Crippen molar-refractivity contribution in [3.63, 3.8) is 0 Å². The zero-order valence-corrected chi connectivity index (χ0v) is 12.9. The van der Waals surface area contributed by atoms with Gasteiger partial charge >= 0.3 is 0 Å². The van der Waals surface area contributed by atoms with Gasteiger partial charge in [0.25, 0.3) is 5.91 Å². The predicted octanol–water partition coefficient (Wildman–Crippen LogP) is 3.34. The van der Waals surface area contributed by atoms with E-state index in [0.29, 0.717) is 11.4 Å². The third-order valence-electron chi connectivity index (χ3n) is 2.76. The van der Waals surface area contributed by atoms with Crippen molar-refractivity contribution < 1.29 is 4.79 Å². The Morgan fingerprint density at radius 3 is 2.85 bits per heavy atom. The van der Waals surface area contributed by atoms with E-state index in [9.17, 15) is 4.79 Å². The highest BCUT2D eigenvalue weighted by Gasteiger charge is 2.11. The summed E-state index contributed by atoms with van der Waals surface area (Å²) in [6.45, 7) is 1.91. The molecule has 0 aliphatic heterocycles. The van der Waals surface area contributed by atoms with E-state index in [1.165, 1.54) is 12.3 Å². The van der Waals surface area contributed by atoms with Gasteiger partial charge in [-0.15, -0.1) is 0 Å². The van der Waals surface area contributed by atoms with E-state index >= 15 is 0 Å². The van der Waals surface area contributed by atoms with Crippen LogP contribution in [0.25, 0.3) is 0 Å². The molecule has 1 heterocycles. The lowest BCUT2D eigenvalue weighted by atomic mass is 10.2. The molecule has 2 aromatic rings. The number of pyridine rings is 1. The average Bonchev–Trinajstić information content (AvgIpc) is 2.43. The number of hydrogen-bond donors (Lipinski definition) is 3. The second kappa shape index (κ2) is 6.21. The third-order valence-corrected chi connectivity index (χ3v) is 3.90. The lowest BCUT2D eigenvalue weighted by Crippen LogP contribution is -2.15. The van der Waals surface area contributed by atoms with Gasteiger partial charge in [-0.25, -0.2) is 10.8 Å². The number of halogens is 2. The first kappa shape index (κ1) is 14.8. The largest absolute Gasteiger partial charge is 0.322 e. The number of anilines is 2. The van der Waals surface area contributed by atoms with Crippen molar-refractivity contribution in [2.45, 2.75) is 6.92 Å². The number of carbonyl (C=O) groups excluding carboxylic acids is 1. The molecule has 0 saturated carbocycles. The highest BCUT2D eigenvalue weighted by atomic mass is 79.9. The van der Waals surface area contributed by atoms with Crippen molar-refractivity contribution >= 4 is 44.9 Å². The number of amides is 1. The predicted molar refractivity (Wildman–Crippen MR) is 83.9 cm³/mol. The van der Waals surface area contributed by atoms with Gasteiger partial charge in [0, 0.05) is 16.4 Å². The summed E-state index contributed by atoms with van der Waals surface area (Å²) in [6, 6.07) is 7.08. The normalized spacial score (nSPS) is 10.2. The van der Waals surface area contributed by atoms with Crippen molar-refractivity contribution in [1.82, 2.24) is 4.98 Å². The number of hydrogen-bond acceptors (Lipinski definition) is 4. The monoisotopic (exact) mass is 354 g/mol. The Kier molecular flexibility index (Phi) is 4.59. The molecule has 1 aromatic carbocycles. The van der Waals surface area contributed by atoms with Gasteiger partial charge < -0.3 is 10.7 Å². The van der Waals surface area contributed by atoms with Gasteiger partial charge in [0.1, 0.15) is 0 Å². The number of aromatic nitrogens is 1. The molecule has 0 bridgehead atoms. The Balaban J connectivity index is 2.24. The number of carbonyl (C=O) groups is 1. The van der Waals surface area contributed by atoms with E-state index in [1.807, 2.05) is 25.1 Å².